The molecule has 0 aliphatic carbocycles. The van der Waals surface area contributed by atoms with Crippen LogP contribution in [0.3, 0.4) is 0 Å². The maximum atomic E-state index is 12.8. The number of halogens is 4. The van der Waals surface area contributed by atoms with Gasteiger partial charge >= 0.3 is 18.2 Å². The van der Waals surface area contributed by atoms with Crippen molar-refractivity contribution in [2.75, 3.05) is 4.90 Å². The lowest BCUT2D eigenvalue weighted by atomic mass is 10.1. The second kappa shape index (κ2) is 6.52. The predicted octanol–water partition coefficient (Wildman–Crippen LogP) is 3.98. The number of phenols is 1. The van der Waals surface area contributed by atoms with Crippen LogP contribution in [0.25, 0.3) is 0 Å². The number of primary amides is 1. The van der Waals surface area contributed by atoms with Crippen LogP contribution in [0, 0.1) is 0 Å². The number of alkyl halides is 3. The molecule has 2 aromatic rings. The normalized spacial score (nSPS) is 11.2. The second-order valence-corrected chi connectivity index (χ2v) is 5.25. The molecule has 0 aromatic heterocycles. The molecule has 2 aromatic carbocycles. The first kappa shape index (κ1) is 18.4. The lowest BCUT2D eigenvalue weighted by molar-refractivity contribution is -0.137. The van der Waals surface area contributed by atoms with Gasteiger partial charge in [0.1, 0.15) is 5.75 Å². The number of carbonyl (C=O) groups excluding carboxylic acids is 1. The van der Waals surface area contributed by atoms with Gasteiger partial charge in [0, 0.05) is 0 Å². The number of carbonyl (C=O) groups is 2. The molecular weight excluding hydrogens is 365 g/mol. The van der Waals surface area contributed by atoms with Crippen molar-refractivity contribution in [2.45, 2.75) is 6.18 Å². The van der Waals surface area contributed by atoms with Gasteiger partial charge in [0.05, 0.1) is 27.5 Å². The monoisotopic (exact) mass is 374 g/mol. The summed E-state index contributed by atoms with van der Waals surface area (Å²) in [6, 6.07) is 4.16. The van der Waals surface area contributed by atoms with Gasteiger partial charge in [0.25, 0.3) is 0 Å². The van der Waals surface area contributed by atoms with Crippen LogP contribution in [0.2, 0.25) is 5.02 Å². The van der Waals surface area contributed by atoms with Gasteiger partial charge in [0.2, 0.25) is 0 Å². The van der Waals surface area contributed by atoms with Crippen molar-refractivity contribution in [3.8, 4) is 5.75 Å². The number of carboxylic acids is 1. The molecule has 25 heavy (non-hydrogen) atoms. The maximum Gasteiger partial charge on any atom is 0.416 e. The number of phenolic OH excluding ortho intramolecular Hbond substituents is 1. The van der Waals surface area contributed by atoms with Crippen molar-refractivity contribution in [1.29, 1.82) is 0 Å². The Bertz CT molecular complexity index is 855. The molecule has 0 fully saturated rings. The van der Waals surface area contributed by atoms with Crippen molar-refractivity contribution in [3.63, 3.8) is 0 Å². The smallest absolute Gasteiger partial charge is 0.416 e. The quantitative estimate of drug-likeness (QED) is 0.755. The summed E-state index contributed by atoms with van der Waals surface area (Å²) in [6.07, 6.45) is -4.66. The Balaban J connectivity index is 2.63. The van der Waals surface area contributed by atoms with Crippen molar-refractivity contribution in [2.24, 2.45) is 5.73 Å². The summed E-state index contributed by atoms with van der Waals surface area (Å²) in [5.41, 5.74) is 3.09. The predicted molar refractivity (Wildman–Crippen MR) is 83.2 cm³/mol. The van der Waals surface area contributed by atoms with Crippen molar-refractivity contribution < 1.29 is 33.0 Å². The average molecular weight is 375 g/mol. The molecule has 0 aliphatic heterocycles. The number of hydrogen-bond donors (Lipinski definition) is 3. The van der Waals surface area contributed by atoms with Gasteiger partial charge in [-0.05, 0) is 30.3 Å². The zero-order chi connectivity index (χ0) is 18.9. The number of anilines is 2. The number of hydrogen-bond acceptors (Lipinski definition) is 3. The maximum absolute atomic E-state index is 12.8. The molecule has 0 atom stereocenters. The zero-order valence-corrected chi connectivity index (χ0v) is 13.0. The molecule has 0 unspecified atom stereocenters. The third kappa shape index (κ3) is 3.77. The fourth-order valence-corrected chi connectivity index (χ4v) is 2.34. The molecule has 132 valence electrons. The minimum Gasteiger partial charge on any atom is -0.506 e. The van der Waals surface area contributed by atoms with Gasteiger partial charge < -0.3 is 15.9 Å². The first-order valence-electron chi connectivity index (χ1n) is 6.55. The standard InChI is InChI=1S/C15H10ClF3N2O4/c16-10-6-11(12(22)5-9(10)13(23)24)21(14(20)25)8-3-1-2-7(4-8)15(17,18)19/h1-6,22H,(H2,20,25)(H,23,24). The van der Waals surface area contributed by atoms with Crippen LogP contribution in [-0.2, 0) is 6.18 Å². The average Bonchev–Trinajstić information content (AvgIpc) is 2.49. The van der Waals surface area contributed by atoms with E-state index >= 15 is 0 Å². The van der Waals surface area contributed by atoms with Gasteiger partial charge in [0.15, 0.2) is 0 Å². The Morgan fingerprint density at radius 1 is 1.16 bits per heavy atom. The number of amides is 2. The highest BCUT2D eigenvalue weighted by Gasteiger charge is 2.32. The molecule has 4 N–H and O–H groups in total. The van der Waals surface area contributed by atoms with E-state index in [1.807, 2.05) is 0 Å². The van der Waals surface area contributed by atoms with Crippen LogP contribution >= 0.6 is 11.6 Å². The van der Waals surface area contributed by atoms with E-state index in [4.69, 9.17) is 22.4 Å². The Morgan fingerprint density at radius 2 is 1.80 bits per heavy atom. The summed E-state index contributed by atoms with van der Waals surface area (Å²) in [5, 5.41) is 18.6. The third-order valence-corrected chi connectivity index (χ3v) is 3.50. The van der Waals surface area contributed by atoms with E-state index in [9.17, 15) is 27.9 Å². The number of aromatic hydroxyl groups is 1. The Hall–Kier alpha value is -2.94. The Morgan fingerprint density at radius 3 is 2.32 bits per heavy atom. The number of aromatic carboxylic acids is 1. The summed E-state index contributed by atoms with van der Waals surface area (Å²) in [4.78, 5) is 23.3. The van der Waals surface area contributed by atoms with E-state index in [0.717, 1.165) is 24.3 Å². The van der Waals surface area contributed by atoms with Crippen LogP contribution in [0.4, 0.5) is 29.3 Å². The Labute approximate surface area is 143 Å². The fourth-order valence-electron chi connectivity index (χ4n) is 2.10. The van der Waals surface area contributed by atoms with Gasteiger partial charge in [-0.25, -0.2) is 9.59 Å². The van der Waals surface area contributed by atoms with Crippen molar-refractivity contribution in [3.05, 3.63) is 52.5 Å². The number of nitrogens with zero attached hydrogens (tertiary/aromatic N) is 1. The van der Waals surface area contributed by atoms with Crippen LogP contribution in [-0.4, -0.2) is 22.2 Å². The fraction of sp³-hybridized carbons (Fsp3) is 0.0667. The first-order chi connectivity index (χ1) is 11.5. The van der Waals surface area contributed by atoms with Crippen LogP contribution in [0.15, 0.2) is 36.4 Å². The highest BCUT2D eigenvalue weighted by atomic mass is 35.5. The topological polar surface area (TPSA) is 104 Å². The molecule has 2 amide bonds. The number of rotatable bonds is 3. The van der Waals surface area contributed by atoms with Crippen molar-refractivity contribution >= 4 is 35.0 Å². The minimum absolute atomic E-state index is 0.281. The molecule has 0 aliphatic rings. The molecule has 10 heteroatoms. The minimum atomic E-state index is -4.66. The summed E-state index contributed by atoms with van der Waals surface area (Å²) in [7, 11) is 0. The SMILES string of the molecule is NC(=O)N(c1cccc(C(F)(F)F)c1)c1cc(Cl)c(C(=O)O)cc1O. The number of nitrogens with two attached hydrogens (primary N) is 1. The molecule has 0 saturated heterocycles. The summed E-state index contributed by atoms with van der Waals surface area (Å²) >= 11 is 5.79. The van der Waals surface area contributed by atoms with Crippen LogP contribution < -0.4 is 10.6 Å². The molecule has 2 rings (SSSR count). The van der Waals surface area contributed by atoms with E-state index in [2.05, 4.69) is 0 Å². The number of benzene rings is 2. The lowest BCUT2D eigenvalue weighted by Crippen LogP contribution is -2.31. The molecule has 6 nitrogen and oxygen atoms in total. The second-order valence-electron chi connectivity index (χ2n) is 4.85. The lowest BCUT2D eigenvalue weighted by Gasteiger charge is -2.23. The molecular formula is C15H10ClF3N2O4. The molecule has 0 heterocycles. The highest BCUT2D eigenvalue weighted by molar-refractivity contribution is 6.34. The summed E-state index contributed by atoms with van der Waals surface area (Å²) in [6.45, 7) is 0. The molecule has 0 spiro atoms. The molecule has 0 radical (unpaired) electrons. The first-order valence-corrected chi connectivity index (χ1v) is 6.92. The third-order valence-electron chi connectivity index (χ3n) is 3.19. The van der Waals surface area contributed by atoms with Gasteiger partial charge in [-0.2, -0.15) is 13.2 Å². The van der Waals surface area contributed by atoms with E-state index < -0.39 is 35.1 Å². The van der Waals surface area contributed by atoms with E-state index in [1.54, 1.807) is 0 Å². The Kier molecular flexibility index (Phi) is 4.80. The molecule has 0 saturated carbocycles. The zero-order valence-electron chi connectivity index (χ0n) is 12.2. The number of carboxylic acid groups (broad SMARTS) is 1. The van der Waals surface area contributed by atoms with E-state index in [0.29, 0.717) is 11.0 Å². The molecule has 0 bridgehead atoms. The van der Waals surface area contributed by atoms with E-state index in [1.165, 1.54) is 6.07 Å². The highest BCUT2D eigenvalue weighted by Crippen LogP contribution is 2.39. The summed E-state index contributed by atoms with van der Waals surface area (Å²) < 4.78 is 38.5. The van der Waals surface area contributed by atoms with Gasteiger partial charge in [-0.1, -0.05) is 17.7 Å². The largest absolute Gasteiger partial charge is 0.506 e. The number of urea groups is 1. The van der Waals surface area contributed by atoms with Crippen LogP contribution in [0.5, 0.6) is 5.75 Å². The van der Waals surface area contributed by atoms with Crippen LogP contribution in [0.1, 0.15) is 15.9 Å². The van der Waals surface area contributed by atoms with Crippen molar-refractivity contribution in [1.82, 2.24) is 0 Å². The summed E-state index contributed by atoms with van der Waals surface area (Å²) in [5.74, 6) is -2.13. The van der Waals surface area contributed by atoms with E-state index in [-0.39, 0.29) is 16.4 Å². The van der Waals surface area contributed by atoms with Gasteiger partial charge in [-0.3, -0.25) is 4.90 Å². The van der Waals surface area contributed by atoms with Gasteiger partial charge in [-0.15, -0.1) is 0 Å².